The Hall–Kier alpha value is -3.35. The van der Waals surface area contributed by atoms with Gasteiger partial charge in [0.2, 0.25) is 5.91 Å². The predicted octanol–water partition coefficient (Wildman–Crippen LogP) is 2.10. The molecule has 0 aliphatic heterocycles. The summed E-state index contributed by atoms with van der Waals surface area (Å²) in [6.45, 7) is 0.172. The molecule has 7 heteroatoms. The van der Waals surface area contributed by atoms with Crippen LogP contribution in [0.1, 0.15) is 11.1 Å². The van der Waals surface area contributed by atoms with Crippen molar-refractivity contribution >= 4 is 18.2 Å². The third-order valence-corrected chi connectivity index (χ3v) is 3.55. The molecule has 2 amide bonds. The van der Waals surface area contributed by atoms with E-state index in [-0.39, 0.29) is 13.2 Å². The largest absolute Gasteiger partial charge is 0.445 e. The minimum absolute atomic E-state index is 0.0569. The minimum Gasteiger partial charge on any atom is -0.445 e. The average molecular weight is 355 g/mol. The molecule has 3 N–H and O–H groups in total. The van der Waals surface area contributed by atoms with Gasteiger partial charge in [-0.2, -0.15) is 0 Å². The highest BCUT2D eigenvalue weighted by Crippen LogP contribution is 2.05. The van der Waals surface area contributed by atoms with Crippen molar-refractivity contribution in [2.45, 2.75) is 19.1 Å². The maximum atomic E-state index is 12.3. The van der Waals surface area contributed by atoms with Crippen molar-refractivity contribution in [2.24, 2.45) is 5.16 Å². The molecule has 0 fully saturated rings. The number of benzene rings is 2. The van der Waals surface area contributed by atoms with Crippen molar-refractivity contribution in [3.05, 3.63) is 71.8 Å². The molecule has 0 spiro atoms. The van der Waals surface area contributed by atoms with Gasteiger partial charge >= 0.3 is 6.09 Å². The Morgan fingerprint density at radius 3 is 2.27 bits per heavy atom. The standard InChI is InChI=1S/C19H21N3O4/c23-18(20-11-12-21-25)17(13-15-7-3-1-4-8-15)22-19(24)26-14-16-9-5-2-6-10-16/h1-10,12,17,25H,11,13-14H2,(H,20,23)(H,22,24)/b21-12+/t17-/m0/s1. The molecule has 7 nitrogen and oxygen atoms in total. The summed E-state index contributed by atoms with van der Waals surface area (Å²) in [4.78, 5) is 24.4. The van der Waals surface area contributed by atoms with E-state index in [0.717, 1.165) is 17.3 Å². The summed E-state index contributed by atoms with van der Waals surface area (Å²) in [5, 5.41) is 16.4. The highest BCUT2D eigenvalue weighted by atomic mass is 16.5. The number of nitrogens with zero attached hydrogens (tertiary/aromatic N) is 1. The van der Waals surface area contributed by atoms with Gasteiger partial charge in [-0.05, 0) is 11.1 Å². The van der Waals surface area contributed by atoms with Gasteiger partial charge in [-0.25, -0.2) is 4.79 Å². The summed E-state index contributed by atoms with van der Waals surface area (Å²) < 4.78 is 5.18. The Bertz CT molecular complexity index is 720. The van der Waals surface area contributed by atoms with E-state index in [9.17, 15) is 9.59 Å². The summed E-state index contributed by atoms with van der Waals surface area (Å²) in [5.41, 5.74) is 1.75. The van der Waals surface area contributed by atoms with Crippen LogP contribution in [0.2, 0.25) is 0 Å². The van der Waals surface area contributed by atoms with Gasteiger partial charge in [-0.1, -0.05) is 60.7 Å². The Labute approximate surface area is 151 Å². The number of rotatable bonds is 8. The van der Waals surface area contributed by atoms with Gasteiger partial charge in [-0.15, -0.1) is 5.16 Å². The molecule has 2 aromatic rings. The van der Waals surface area contributed by atoms with Gasteiger partial charge in [0.1, 0.15) is 12.6 Å². The van der Waals surface area contributed by atoms with Gasteiger partial charge in [-0.3, -0.25) is 4.79 Å². The molecule has 0 bridgehead atoms. The SMILES string of the molecule is O=C(N[C@@H](Cc1ccccc1)C(=O)NC/C=N/O)OCc1ccccc1. The highest BCUT2D eigenvalue weighted by molar-refractivity contribution is 5.87. The molecule has 0 aromatic heterocycles. The fraction of sp³-hybridized carbons (Fsp3) is 0.211. The molecular weight excluding hydrogens is 334 g/mol. The first kappa shape index (κ1) is 19.0. The molecule has 2 rings (SSSR count). The lowest BCUT2D eigenvalue weighted by atomic mass is 10.1. The predicted molar refractivity (Wildman–Crippen MR) is 97.0 cm³/mol. The first-order valence-electron chi connectivity index (χ1n) is 8.14. The monoisotopic (exact) mass is 355 g/mol. The van der Waals surface area contributed by atoms with Crippen LogP contribution in [0.15, 0.2) is 65.8 Å². The van der Waals surface area contributed by atoms with Gasteiger partial charge in [0.25, 0.3) is 0 Å². The fourth-order valence-electron chi connectivity index (χ4n) is 2.28. The summed E-state index contributed by atoms with van der Waals surface area (Å²) in [5.74, 6) is -0.398. The van der Waals surface area contributed by atoms with Crippen molar-refractivity contribution in [3.8, 4) is 0 Å². The van der Waals surface area contributed by atoms with Crippen LogP contribution in [0.25, 0.3) is 0 Å². The quantitative estimate of drug-likeness (QED) is 0.383. The van der Waals surface area contributed by atoms with E-state index >= 15 is 0 Å². The molecule has 2 aromatic carbocycles. The third-order valence-electron chi connectivity index (χ3n) is 3.55. The second-order valence-corrected chi connectivity index (χ2v) is 5.49. The zero-order valence-corrected chi connectivity index (χ0v) is 14.2. The second kappa shape index (κ2) is 10.5. The van der Waals surface area contributed by atoms with E-state index in [0.29, 0.717) is 6.42 Å². The van der Waals surface area contributed by atoms with Crippen LogP contribution in [-0.2, 0) is 22.6 Å². The Kier molecular flexibility index (Phi) is 7.67. The van der Waals surface area contributed by atoms with Crippen molar-refractivity contribution in [2.75, 3.05) is 6.54 Å². The van der Waals surface area contributed by atoms with Crippen LogP contribution in [0, 0.1) is 0 Å². The Balaban J connectivity index is 1.95. The van der Waals surface area contributed by atoms with Crippen molar-refractivity contribution in [3.63, 3.8) is 0 Å². The number of hydrogen-bond donors (Lipinski definition) is 3. The van der Waals surface area contributed by atoms with Gasteiger partial charge in [0.05, 0.1) is 12.8 Å². The summed E-state index contributed by atoms with van der Waals surface area (Å²) in [7, 11) is 0. The smallest absolute Gasteiger partial charge is 0.408 e. The van der Waals surface area contributed by atoms with Gasteiger partial charge < -0.3 is 20.6 Å². The maximum Gasteiger partial charge on any atom is 0.408 e. The highest BCUT2D eigenvalue weighted by Gasteiger charge is 2.21. The molecule has 0 aliphatic carbocycles. The molecule has 0 aliphatic rings. The average Bonchev–Trinajstić information content (AvgIpc) is 2.67. The molecule has 0 radical (unpaired) electrons. The molecule has 0 heterocycles. The number of nitrogens with one attached hydrogen (secondary N) is 2. The van der Waals surface area contributed by atoms with E-state index in [2.05, 4.69) is 15.8 Å². The number of alkyl carbamates (subject to hydrolysis) is 1. The second-order valence-electron chi connectivity index (χ2n) is 5.49. The van der Waals surface area contributed by atoms with Crippen LogP contribution in [0.5, 0.6) is 0 Å². The lowest BCUT2D eigenvalue weighted by molar-refractivity contribution is -0.122. The first-order valence-corrected chi connectivity index (χ1v) is 8.14. The number of hydrogen-bond acceptors (Lipinski definition) is 5. The van der Waals surface area contributed by atoms with Crippen molar-refractivity contribution < 1.29 is 19.5 Å². The molecule has 1 atom stereocenters. The van der Waals surface area contributed by atoms with Crippen LogP contribution >= 0.6 is 0 Å². The molecule has 0 saturated heterocycles. The molecule has 0 saturated carbocycles. The Morgan fingerprint density at radius 1 is 1.04 bits per heavy atom. The van der Waals surface area contributed by atoms with Gasteiger partial charge in [0, 0.05) is 6.42 Å². The zero-order chi connectivity index (χ0) is 18.6. The number of amides is 2. The van der Waals surface area contributed by atoms with E-state index in [4.69, 9.17) is 9.94 Å². The van der Waals surface area contributed by atoms with E-state index in [1.807, 2.05) is 60.7 Å². The topological polar surface area (TPSA) is 100 Å². The fourth-order valence-corrected chi connectivity index (χ4v) is 2.28. The number of ether oxygens (including phenoxy) is 1. The van der Waals surface area contributed by atoms with Crippen LogP contribution < -0.4 is 10.6 Å². The summed E-state index contributed by atoms with van der Waals surface area (Å²) in [6, 6.07) is 17.8. The molecular formula is C19H21N3O4. The van der Waals surface area contributed by atoms with E-state index in [1.165, 1.54) is 0 Å². The van der Waals surface area contributed by atoms with Crippen molar-refractivity contribution in [1.82, 2.24) is 10.6 Å². The molecule has 0 unspecified atom stereocenters. The number of carbonyl (C=O) groups is 2. The molecule has 136 valence electrons. The van der Waals surface area contributed by atoms with E-state index in [1.54, 1.807) is 0 Å². The summed E-state index contributed by atoms with van der Waals surface area (Å²) >= 11 is 0. The summed E-state index contributed by atoms with van der Waals surface area (Å²) in [6.07, 6.45) is 0.773. The van der Waals surface area contributed by atoms with Gasteiger partial charge in [0.15, 0.2) is 0 Å². The normalized spacial score (nSPS) is 11.7. The first-order chi connectivity index (χ1) is 12.7. The lowest BCUT2D eigenvalue weighted by Gasteiger charge is -2.18. The maximum absolute atomic E-state index is 12.3. The van der Waals surface area contributed by atoms with Crippen LogP contribution in [0.3, 0.4) is 0 Å². The van der Waals surface area contributed by atoms with Crippen LogP contribution in [0.4, 0.5) is 4.79 Å². The lowest BCUT2D eigenvalue weighted by Crippen LogP contribution is -2.48. The Morgan fingerprint density at radius 2 is 1.65 bits per heavy atom. The minimum atomic E-state index is -0.812. The van der Waals surface area contributed by atoms with E-state index < -0.39 is 18.0 Å². The third kappa shape index (κ3) is 6.64. The van der Waals surface area contributed by atoms with Crippen molar-refractivity contribution in [1.29, 1.82) is 0 Å². The molecule has 26 heavy (non-hydrogen) atoms. The van der Waals surface area contributed by atoms with Crippen LogP contribution in [-0.4, -0.2) is 36.0 Å². The zero-order valence-electron chi connectivity index (χ0n) is 14.2. The number of carbonyl (C=O) groups excluding carboxylic acids is 2. The number of oxime groups is 1.